The summed E-state index contributed by atoms with van der Waals surface area (Å²) >= 11 is 0. The van der Waals surface area contributed by atoms with Gasteiger partial charge in [-0.1, -0.05) is 6.07 Å². The topological polar surface area (TPSA) is 64.7 Å². The van der Waals surface area contributed by atoms with Crippen LogP contribution in [-0.4, -0.2) is 25.4 Å². The standard InChI is InChI=1S/C11H15NO3/c1-14-9-4-3-6-7(11(9)15-2)5-8(12)10(6)13/h3-4,8,10,13H,5,12H2,1-2H3/t8-,10+/m0/s1. The Bertz CT molecular complexity index is 378. The molecule has 1 aliphatic carbocycles. The summed E-state index contributed by atoms with van der Waals surface area (Å²) in [6, 6.07) is 3.38. The molecule has 0 fully saturated rings. The zero-order valence-electron chi connectivity index (χ0n) is 8.86. The number of nitrogens with two attached hydrogens (primary N) is 1. The summed E-state index contributed by atoms with van der Waals surface area (Å²) < 4.78 is 10.5. The van der Waals surface area contributed by atoms with Crippen molar-refractivity contribution in [1.29, 1.82) is 0 Å². The summed E-state index contributed by atoms with van der Waals surface area (Å²) in [4.78, 5) is 0. The van der Waals surface area contributed by atoms with Crippen LogP contribution >= 0.6 is 0 Å². The minimum Gasteiger partial charge on any atom is -0.493 e. The van der Waals surface area contributed by atoms with Gasteiger partial charge in [0.25, 0.3) is 0 Å². The molecule has 2 atom stereocenters. The van der Waals surface area contributed by atoms with E-state index in [-0.39, 0.29) is 6.04 Å². The van der Waals surface area contributed by atoms with Gasteiger partial charge in [-0.05, 0) is 18.1 Å². The fraction of sp³-hybridized carbons (Fsp3) is 0.455. The Morgan fingerprint density at radius 2 is 2.07 bits per heavy atom. The van der Waals surface area contributed by atoms with Crippen LogP contribution in [0.2, 0.25) is 0 Å². The number of rotatable bonds is 2. The molecule has 0 radical (unpaired) electrons. The summed E-state index contributed by atoms with van der Waals surface area (Å²) in [6.07, 6.45) is 0.0245. The van der Waals surface area contributed by atoms with E-state index in [1.165, 1.54) is 0 Å². The van der Waals surface area contributed by atoms with Gasteiger partial charge in [0.05, 0.1) is 20.3 Å². The van der Waals surface area contributed by atoms with Gasteiger partial charge in [0, 0.05) is 11.6 Å². The molecular formula is C11H15NO3. The Hall–Kier alpha value is -1.26. The fourth-order valence-electron chi connectivity index (χ4n) is 2.07. The minimum atomic E-state index is -0.597. The lowest BCUT2D eigenvalue weighted by Gasteiger charge is -2.12. The number of methoxy groups -OCH3 is 2. The van der Waals surface area contributed by atoms with Crippen LogP contribution in [0.3, 0.4) is 0 Å². The molecule has 2 rings (SSSR count). The normalized spacial score (nSPS) is 23.7. The zero-order chi connectivity index (χ0) is 11.0. The van der Waals surface area contributed by atoms with E-state index in [0.29, 0.717) is 17.9 Å². The van der Waals surface area contributed by atoms with Crippen molar-refractivity contribution in [1.82, 2.24) is 0 Å². The van der Waals surface area contributed by atoms with E-state index in [9.17, 15) is 5.11 Å². The van der Waals surface area contributed by atoms with Crippen LogP contribution in [0.5, 0.6) is 11.5 Å². The van der Waals surface area contributed by atoms with E-state index in [4.69, 9.17) is 15.2 Å². The maximum Gasteiger partial charge on any atom is 0.164 e. The molecule has 15 heavy (non-hydrogen) atoms. The minimum absolute atomic E-state index is 0.249. The quantitative estimate of drug-likeness (QED) is 0.749. The second-order valence-corrected chi connectivity index (χ2v) is 3.68. The molecule has 0 saturated carbocycles. The lowest BCUT2D eigenvalue weighted by atomic mass is 10.1. The second kappa shape index (κ2) is 3.72. The summed E-state index contributed by atoms with van der Waals surface area (Å²) in [5, 5.41) is 9.81. The molecule has 0 unspecified atom stereocenters. The first kappa shape index (κ1) is 10.3. The van der Waals surface area contributed by atoms with E-state index in [2.05, 4.69) is 0 Å². The molecule has 82 valence electrons. The molecule has 0 aliphatic heterocycles. The second-order valence-electron chi connectivity index (χ2n) is 3.68. The van der Waals surface area contributed by atoms with Crippen LogP contribution in [0.25, 0.3) is 0 Å². The fourth-order valence-corrected chi connectivity index (χ4v) is 2.07. The van der Waals surface area contributed by atoms with Gasteiger partial charge in [-0.15, -0.1) is 0 Å². The highest BCUT2D eigenvalue weighted by atomic mass is 16.5. The lowest BCUT2D eigenvalue weighted by molar-refractivity contribution is 0.159. The lowest BCUT2D eigenvalue weighted by Crippen LogP contribution is -2.24. The number of aliphatic hydroxyl groups is 1. The van der Waals surface area contributed by atoms with Gasteiger partial charge in [-0.25, -0.2) is 0 Å². The van der Waals surface area contributed by atoms with Crippen molar-refractivity contribution in [3.05, 3.63) is 23.3 Å². The van der Waals surface area contributed by atoms with Crippen LogP contribution in [0.1, 0.15) is 17.2 Å². The van der Waals surface area contributed by atoms with Crippen molar-refractivity contribution in [3.8, 4) is 11.5 Å². The highest BCUT2D eigenvalue weighted by molar-refractivity contribution is 5.54. The molecule has 4 nitrogen and oxygen atoms in total. The first-order valence-corrected chi connectivity index (χ1v) is 4.86. The third-order valence-corrected chi connectivity index (χ3v) is 2.85. The van der Waals surface area contributed by atoms with Crippen LogP contribution < -0.4 is 15.2 Å². The third-order valence-electron chi connectivity index (χ3n) is 2.85. The average molecular weight is 209 g/mol. The van der Waals surface area contributed by atoms with E-state index in [1.807, 2.05) is 6.07 Å². The maximum absolute atomic E-state index is 9.81. The molecule has 0 aromatic heterocycles. The number of benzene rings is 1. The van der Waals surface area contributed by atoms with Crippen molar-refractivity contribution in [2.45, 2.75) is 18.6 Å². The predicted molar refractivity (Wildman–Crippen MR) is 56.2 cm³/mol. The molecule has 1 aliphatic rings. The Balaban J connectivity index is 2.54. The third kappa shape index (κ3) is 1.46. The molecule has 1 aromatic carbocycles. The zero-order valence-corrected chi connectivity index (χ0v) is 8.86. The Kier molecular flexibility index (Phi) is 2.54. The molecule has 1 aromatic rings. The molecule has 3 N–H and O–H groups in total. The van der Waals surface area contributed by atoms with Crippen LogP contribution in [0, 0.1) is 0 Å². The van der Waals surface area contributed by atoms with Gasteiger partial charge in [0.1, 0.15) is 0 Å². The monoisotopic (exact) mass is 209 g/mol. The van der Waals surface area contributed by atoms with Crippen molar-refractivity contribution < 1.29 is 14.6 Å². The highest BCUT2D eigenvalue weighted by Crippen LogP contribution is 2.41. The maximum atomic E-state index is 9.81. The summed E-state index contributed by atoms with van der Waals surface area (Å²) in [6.45, 7) is 0. The summed E-state index contributed by atoms with van der Waals surface area (Å²) in [5.41, 5.74) is 7.60. The first-order valence-electron chi connectivity index (χ1n) is 4.86. The van der Waals surface area contributed by atoms with Crippen molar-refractivity contribution in [3.63, 3.8) is 0 Å². The van der Waals surface area contributed by atoms with Gasteiger partial charge >= 0.3 is 0 Å². The number of aliphatic hydroxyl groups excluding tert-OH is 1. The van der Waals surface area contributed by atoms with Crippen LogP contribution in [-0.2, 0) is 6.42 Å². The molecule has 4 heteroatoms. The van der Waals surface area contributed by atoms with E-state index in [0.717, 1.165) is 11.1 Å². The van der Waals surface area contributed by atoms with Crippen LogP contribution in [0.15, 0.2) is 12.1 Å². The van der Waals surface area contributed by atoms with E-state index < -0.39 is 6.10 Å². The summed E-state index contributed by atoms with van der Waals surface area (Å²) in [5.74, 6) is 1.36. The number of hydrogen-bond donors (Lipinski definition) is 2. The van der Waals surface area contributed by atoms with E-state index >= 15 is 0 Å². The van der Waals surface area contributed by atoms with Gasteiger partial charge in [0.15, 0.2) is 11.5 Å². The number of ether oxygens (including phenoxy) is 2. The van der Waals surface area contributed by atoms with Gasteiger partial charge < -0.3 is 20.3 Å². The highest BCUT2D eigenvalue weighted by Gasteiger charge is 2.31. The largest absolute Gasteiger partial charge is 0.493 e. The smallest absolute Gasteiger partial charge is 0.164 e. The average Bonchev–Trinajstić information content (AvgIpc) is 2.54. The SMILES string of the molecule is COc1ccc2c(c1OC)C[C@H](N)[C@@H]2O. The first-order chi connectivity index (χ1) is 7.19. The van der Waals surface area contributed by atoms with Gasteiger partial charge in [-0.3, -0.25) is 0 Å². The Labute approximate surface area is 88.6 Å². The van der Waals surface area contributed by atoms with Gasteiger partial charge in [0.2, 0.25) is 0 Å². The van der Waals surface area contributed by atoms with Crippen molar-refractivity contribution >= 4 is 0 Å². The molecule has 0 amide bonds. The molecule has 0 spiro atoms. The predicted octanol–water partition coefficient (Wildman–Crippen LogP) is 0.621. The van der Waals surface area contributed by atoms with E-state index in [1.54, 1.807) is 20.3 Å². The Morgan fingerprint density at radius 3 is 2.67 bits per heavy atom. The molecular weight excluding hydrogens is 194 g/mol. The molecule has 0 saturated heterocycles. The number of fused-ring (bicyclic) bond motifs is 1. The van der Waals surface area contributed by atoms with Crippen molar-refractivity contribution in [2.75, 3.05) is 14.2 Å². The van der Waals surface area contributed by atoms with Crippen LogP contribution in [0.4, 0.5) is 0 Å². The molecule has 0 heterocycles. The van der Waals surface area contributed by atoms with Crippen molar-refractivity contribution in [2.24, 2.45) is 5.73 Å². The number of hydrogen-bond acceptors (Lipinski definition) is 4. The Morgan fingerprint density at radius 1 is 1.33 bits per heavy atom. The summed E-state index contributed by atoms with van der Waals surface area (Å²) in [7, 11) is 3.18. The molecule has 0 bridgehead atoms. The van der Waals surface area contributed by atoms with Gasteiger partial charge in [-0.2, -0.15) is 0 Å².